The molecule has 1 saturated heterocycles. The Balaban J connectivity index is 2.04. The molecule has 2 aromatic rings. The van der Waals surface area contributed by atoms with Crippen molar-refractivity contribution < 1.29 is 27.8 Å². The molecule has 7 heteroatoms. The number of anilines is 1. The molecule has 1 aliphatic rings. The fraction of sp³-hybridized carbons (Fsp3) is 0.333. The molecule has 0 bridgehead atoms. The highest BCUT2D eigenvalue weighted by Gasteiger charge is 2.51. The third kappa shape index (κ3) is 3.99. The fourth-order valence-corrected chi connectivity index (χ4v) is 3.01. The Bertz CT molecular complexity index is 708. The average molecular weight is 353 g/mol. The highest BCUT2D eigenvalue weighted by Crippen LogP contribution is 2.42. The van der Waals surface area contributed by atoms with E-state index in [1.807, 2.05) is 0 Å². The van der Waals surface area contributed by atoms with Crippen molar-refractivity contribution in [1.82, 2.24) is 0 Å². The van der Waals surface area contributed by atoms with Crippen LogP contribution < -0.4 is 9.64 Å². The first kappa shape index (κ1) is 17.4. The van der Waals surface area contributed by atoms with E-state index in [9.17, 15) is 18.3 Å². The van der Waals surface area contributed by atoms with Crippen LogP contribution in [0, 0.1) is 0 Å². The molecule has 0 aliphatic carbocycles. The van der Waals surface area contributed by atoms with Gasteiger partial charge in [0.15, 0.2) is 0 Å². The smallest absolute Gasteiger partial charge is 0.506 e. The number of piperidine rings is 1. The Hall–Kier alpha value is -2.41. The average Bonchev–Trinajstić information content (AvgIpc) is 2.55. The lowest BCUT2D eigenvalue weighted by molar-refractivity contribution is -0.405. The lowest BCUT2D eigenvalue weighted by Gasteiger charge is -2.46. The topological polar surface area (TPSA) is 41.9 Å². The van der Waals surface area contributed by atoms with Gasteiger partial charge in [0.1, 0.15) is 11.5 Å². The molecule has 0 radical (unpaired) electrons. The SMILES string of the molecule is Oc1ccccc1N1CCCCC1(Oc1ccccc1)OC(F)(F)F. The van der Waals surface area contributed by atoms with Crippen molar-refractivity contribution >= 4 is 5.69 Å². The summed E-state index contributed by atoms with van der Waals surface area (Å²) in [7, 11) is 0. The number of hydrogen-bond acceptors (Lipinski definition) is 4. The third-order valence-corrected chi connectivity index (χ3v) is 4.00. The third-order valence-electron chi connectivity index (χ3n) is 4.00. The van der Waals surface area contributed by atoms with Crippen molar-refractivity contribution in [1.29, 1.82) is 0 Å². The molecule has 4 nitrogen and oxygen atoms in total. The first-order valence-corrected chi connectivity index (χ1v) is 7.96. The molecule has 1 fully saturated rings. The van der Waals surface area contributed by atoms with Crippen molar-refractivity contribution in [2.45, 2.75) is 31.5 Å². The van der Waals surface area contributed by atoms with Gasteiger partial charge in [0.2, 0.25) is 0 Å². The summed E-state index contributed by atoms with van der Waals surface area (Å²) in [5.41, 5.74) is 0.238. The first-order chi connectivity index (χ1) is 11.9. The van der Waals surface area contributed by atoms with Crippen LogP contribution in [-0.4, -0.2) is 23.9 Å². The molecule has 1 atom stereocenters. The van der Waals surface area contributed by atoms with Gasteiger partial charge in [-0.1, -0.05) is 30.3 Å². The van der Waals surface area contributed by atoms with Crippen LogP contribution in [0.15, 0.2) is 54.6 Å². The second-order valence-electron chi connectivity index (χ2n) is 5.77. The fourth-order valence-electron chi connectivity index (χ4n) is 3.01. The van der Waals surface area contributed by atoms with Crippen LogP contribution >= 0.6 is 0 Å². The van der Waals surface area contributed by atoms with Gasteiger partial charge < -0.3 is 14.7 Å². The number of alkyl halides is 3. The maximum atomic E-state index is 13.2. The van der Waals surface area contributed by atoms with E-state index in [1.165, 1.54) is 11.0 Å². The van der Waals surface area contributed by atoms with Gasteiger partial charge in [-0.25, -0.2) is 4.74 Å². The Labute approximate surface area is 143 Å². The van der Waals surface area contributed by atoms with Gasteiger partial charge in [-0.15, -0.1) is 13.2 Å². The minimum atomic E-state index is -4.89. The summed E-state index contributed by atoms with van der Waals surface area (Å²) in [6, 6.07) is 14.4. The van der Waals surface area contributed by atoms with Crippen LogP contribution in [0.4, 0.5) is 18.9 Å². The van der Waals surface area contributed by atoms with Gasteiger partial charge in [-0.05, 0) is 37.1 Å². The largest absolute Gasteiger partial charge is 0.527 e. The van der Waals surface area contributed by atoms with Crippen LogP contribution in [0.1, 0.15) is 19.3 Å². The lowest BCUT2D eigenvalue weighted by Crippen LogP contribution is -2.60. The molecule has 0 saturated carbocycles. The van der Waals surface area contributed by atoms with E-state index in [0.29, 0.717) is 12.8 Å². The lowest BCUT2D eigenvalue weighted by atomic mass is 10.0. The van der Waals surface area contributed by atoms with Gasteiger partial charge in [-0.3, -0.25) is 0 Å². The van der Waals surface area contributed by atoms with Gasteiger partial charge in [0.05, 0.1) is 5.69 Å². The number of ether oxygens (including phenoxy) is 2. The Morgan fingerprint density at radius 1 is 0.960 bits per heavy atom. The van der Waals surface area contributed by atoms with E-state index < -0.39 is 12.3 Å². The van der Waals surface area contributed by atoms with Crippen LogP contribution in [0.25, 0.3) is 0 Å². The monoisotopic (exact) mass is 353 g/mol. The van der Waals surface area contributed by atoms with Gasteiger partial charge in [0.25, 0.3) is 0 Å². The summed E-state index contributed by atoms with van der Waals surface area (Å²) in [6.07, 6.45) is -3.72. The number of aromatic hydroxyl groups is 1. The molecule has 1 aliphatic heterocycles. The molecule has 3 rings (SSSR count). The van der Waals surface area contributed by atoms with E-state index >= 15 is 0 Å². The van der Waals surface area contributed by atoms with Gasteiger partial charge in [0, 0.05) is 13.0 Å². The molecule has 0 amide bonds. The van der Waals surface area contributed by atoms with Crippen LogP contribution in [0.2, 0.25) is 0 Å². The molecule has 0 aromatic heterocycles. The quantitative estimate of drug-likeness (QED) is 0.813. The maximum Gasteiger partial charge on any atom is 0.527 e. The zero-order valence-corrected chi connectivity index (χ0v) is 13.4. The second kappa shape index (κ2) is 6.84. The molecular formula is C18H18F3NO3. The summed E-state index contributed by atoms with van der Waals surface area (Å²) in [4.78, 5) is 1.34. The zero-order chi connectivity index (χ0) is 17.9. The van der Waals surface area contributed by atoms with Crippen LogP contribution in [0.3, 0.4) is 0 Å². The molecule has 1 heterocycles. The van der Waals surface area contributed by atoms with Gasteiger partial charge >= 0.3 is 12.3 Å². The minimum Gasteiger partial charge on any atom is -0.506 e. The second-order valence-corrected chi connectivity index (χ2v) is 5.77. The number of phenols is 1. The van der Waals surface area contributed by atoms with Crippen molar-refractivity contribution in [3.8, 4) is 11.5 Å². The Kier molecular flexibility index (Phi) is 4.76. The maximum absolute atomic E-state index is 13.2. The van der Waals surface area contributed by atoms with E-state index in [2.05, 4.69) is 4.74 Å². The minimum absolute atomic E-state index is 0.00966. The zero-order valence-electron chi connectivity index (χ0n) is 13.4. The van der Waals surface area contributed by atoms with Crippen LogP contribution in [0.5, 0.6) is 11.5 Å². The summed E-state index contributed by atoms with van der Waals surface area (Å²) >= 11 is 0. The Morgan fingerprint density at radius 3 is 2.32 bits per heavy atom. The predicted octanol–water partition coefficient (Wildman–Crippen LogP) is 4.65. The van der Waals surface area contributed by atoms with Crippen molar-refractivity contribution in [3.05, 3.63) is 54.6 Å². The summed E-state index contributed by atoms with van der Waals surface area (Å²) < 4.78 is 49.8. The van der Waals surface area contributed by atoms with Crippen molar-refractivity contribution in [2.75, 3.05) is 11.4 Å². The number of para-hydroxylation sites is 3. The predicted molar refractivity (Wildman–Crippen MR) is 86.2 cm³/mol. The molecular weight excluding hydrogens is 335 g/mol. The summed E-state index contributed by atoms with van der Waals surface area (Å²) in [5.74, 6) is -1.94. The number of halogens is 3. The number of phenolic OH excluding ortho intramolecular Hbond substituents is 1. The number of benzene rings is 2. The first-order valence-electron chi connectivity index (χ1n) is 7.96. The highest BCUT2D eigenvalue weighted by molar-refractivity contribution is 5.59. The Morgan fingerprint density at radius 2 is 1.64 bits per heavy atom. The normalized spacial score (nSPS) is 21.2. The van der Waals surface area contributed by atoms with E-state index in [4.69, 9.17) is 4.74 Å². The molecule has 25 heavy (non-hydrogen) atoms. The number of hydrogen-bond donors (Lipinski definition) is 1. The summed E-state index contributed by atoms with van der Waals surface area (Å²) in [6.45, 7) is 0.264. The summed E-state index contributed by atoms with van der Waals surface area (Å²) in [5, 5.41) is 10.1. The van der Waals surface area contributed by atoms with E-state index in [-0.39, 0.29) is 30.2 Å². The number of nitrogens with zero attached hydrogens (tertiary/aromatic N) is 1. The molecule has 1 N–H and O–H groups in total. The molecule has 1 unspecified atom stereocenters. The standard InChI is InChI=1S/C18H18F3NO3/c19-18(20,21)25-17(24-14-8-2-1-3-9-14)12-6-7-13-22(17)15-10-4-5-11-16(15)23/h1-5,8-11,23H,6-7,12-13H2. The van der Waals surface area contributed by atoms with E-state index in [0.717, 1.165) is 0 Å². The number of rotatable bonds is 4. The van der Waals surface area contributed by atoms with Gasteiger partial charge in [-0.2, -0.15) is 0 Å². The highest BCUT2D eigenvalue weighted by atomic mass is 19.4. The molecule has 2 aromatic carbocycles. The molecule has 134 valence electrons. The van der Waals surface area contributed by atoms with Crippen molar-refractivity contribution in [3.63, 3.8) is 0 Å². The van der Waals surface area contributed by atoms with Crippen LogP contribution in [-0.2, 0) is 4.74 Å². The van der Waals surface area contributed by atoms with E-state index in [1.54, 1.807) is 48.5 Å². The molecule has 0 spiro atoms. The van der Waals surface area contributed by atoms with Crippen molar-refractivity contribution in [2.24, 2.45) is 0 Å².